The van der Waals surface area contributed by atoms with E-state index in [9.17, 15) is 22.8 Å². The number of ether oxygens (including phenoxy) is 1. The molecule has 1 aliphatic heterocycles. The second-order valence-corrected chi connectivity index (χ2v) is 9.84. The number of anilines is 1. The number of nitrogens with zero attached hydrogens (tertiary/aromatic N) is 3. The molecule has 1 aromatic carbocycles. The summed E-state index contributed by atoms with van der Waals surface area (Å²) in [7, 11) is 2.14. The largest absolute Gasteiger partial charge is 0.471 e. The molecule has 37 heavy (non-hydrogen) atoms. The first-order valence-corrected chi connectivity index (χ1v) is 13.0. The topological polar surface area (TPSA) is 113 Å². The molecule has 204 valence electrons. The number of hydrogen-bond donors (Lipinski definition) is 3. The van der Waals surface area contributed by atoms with Gasteiger partial charge >= 0.3 is 6.03 Å². The van der Waals surface area contributed by atoms with Gasteiger partial charge in [-0.1, -0.05) is 12.8 Å². The van der Waals surface area contributed by atoms with E-state index in [1.54, 1.807) is 0 Å². The Labute approximate surface area is 218 Å². The SMILES string of the molecule is Cc1cc(F)c(COc2nsc(NC(=O)NCCCCCCN3CCN(C)CC3)c2C(N)=O)c(F)c1F. The lowest BCUT2D eigenvalue weighted by Crippen LogP contribution is -2.44. The van der Waals surface area contributed by atoms with Crippen LogP contribution in [0, 0.1) is 24.4 Å². The summed E-state index contributed by atoms with van der Waals surface area (Å²) >= 11 is 0.729. The highest BCUT2D eigenvalue weighted by Gasteiger charge is 2.24. The number of nitrogens with two attached hydrogens (primary N) is 1. The molecule has 1 fully saturated rings. The van der Waals surface area contributed by atoms with Crippen molar-refractivity contribution in [2.45, 2.75) is 39.2 Å². The summed E-state index contributed by atoms with van der Waals surface area (Å²) < 4.78 is 51.1. The van der Waals surface area contributed by atoms with Gasteiger partial charge in [0.2, 0.25) is 5.88 Å². The van der Waals surface area contributed by atoms with Crippen LogP contribution in [0.3, 0.4) is 0 Å². The lowest BCUT2D eigenvalue weighted by molar-refractivity contribution is 0.0996. The minimum absolute atomic E-state index is 0.0307. The molecule has 2 aromatic rings. The van der Waals surface area contributed by atoms with Gasteiger partial charge in [0.05, 0.1) is 5.56 Å². The third kappa shape index (κ3) is 8.04. The fourth-order valence-electron chi connectivity index (χ4n) is 3.94. The molecule has 9 nitrogen and oxygen atoms in total. The molecule has 0 unspecified atom stereocenters. The molecule has 13 heteroatoms. The molecule has 4 N–H and O–H groups in total. The Kier molecular flexibility index (Phi) is 10.5. The third-order valence-corrected chi connectivity index (χ3v) is 6.95. The van der Waals surface area contributed by atoms with Gasteiger partial charge < -0.3 is 25.6 Å². The van der Waals surface area contributed by atoms with Gasteiger partial charge in [-0.2, -0.15) is 4.37 Å². The maximum atomic E-state index is 14.1. The minimum atomic E-state index is -1.38. The molecule has 1 saturated heterocycles. The molecular formula is C24H33F3N6O3S. The van der Waals surface area contributed by atoms with Crippen LogP contribution in [-0.2, 0) is 6.61 Å². The highest BCUT2D eigenvalue weighted by Crippen LogP contribution is 2.31. The van der Waals surface area contributed by atoms with E-state index in [0.717, 1.165) is 76.0 Å². The van der Waals surface area contributed by atoms with Crippen molar-refractivity contribution in [3.8, 4) is 5.88 Å². The number of carbonyl (C=O) groups excluding carboxylic acids is 2. The van der Waals surface area contributed by atoms with E-state index in [4.69, 9.17) is 10.5 Å². The molecule has 0 aliphatic carbocycles. The molecule has 3 rings (SSSR count). The van der Waals surface area contributed by atoms with Crippen LogP contribution in [0.5, 0.6) is 5.88 Å². The molecule has 2 heterocycles. The predicted octanol–water partition coefficient (Wildman–Crippen LogP) is 3.48. The quantitative estimate of drug-likeness (QED) is 0.280. The molecular weight excluding hydrogens is 509 g/mol. The van der Waals surface area contributed by atoms with Crippen molar-refractivity contribution < 1.29 is 27.5 Å². The summed E-state index contributed by atoms with van der Waals surface area (Å²) in [5.74, 6) is -4.83. The van der Waals surface area contributed by atoms with Crippen LogP contribution < -0.4 is 21.1 Å². The molecule has 0 radical (unpaired) electrons. The fourth-order valence-corrected chi connectivity index (χ4v) is 4.67. The number of amides is 3. The van der Waals surface area contributed by atoms with Crippen molar-refractivity contribution in [3.05, 3.63) is 40.2 Å². The summed E-state index contributed by atoms with van der Waals surface area (Å²) in [5.41, 5.74) is 4.32. The van der Waals surface area contributed by atoms with E-state index >= 15 is 0 Å². The zero-order valence-corrected chi connectivity index (χ0v) is 21.9. The third-order valence-electron chi connectivity index (χ3n) is 6.21. The summed E-state index contributed by atoms with van der Waals surface area (Å²) in [5, 5.41) is 5.25. The number of rotatable bonds is 12. The predicted molar refractivity (Wildman–Crippen MR) is 135 cm³/mol. The van der Waals surface area contributed by atoms with Crippen LogP contribution in [-0.4, -0.2) is 72.4 Å². The smallest absolute Gasteiger partial charge is 0.319 e. The highest BCUT2D eigenvalue weighted by atomic mass is 32.1. The van der Waals surface area contributed by atoms with Crippen LogP contribution in [0.2, 0.25) is 0 Å². The van der Waals surface area contributed by atoms with Crippen LogP contribution in [0.1, 0.15) is 47.2 Å². The number of piperazine rings is 1. The molecule has 3 amide bonds. The number of halogens is 3. The van der Waals surface area contributed by atoms with Crippen LogP contribution in [0.4, 0.5) is 23.0 Å². The Morgan fingerprint density at radius 1 is 1.11 bits per heavy atom. The average Bonchev–Trinajstić information content (AvgIpc) is 3.25. The molecule has 0 bridgehead atoms. The maximum absolute atomic E-state index is 14.1. The van der Waals surface area contributed by atoms with E-state index in [-0.39, 0.29) is 22.0 Å². The van der Waals surface area contributed by atoms with Crippen molar-refractivity contribution in [1.82, 2.24) is 19.5 Å². The molecule has 0 atom stereocenters. The van der Waals surface area contributed by atoms with Crippen LogP contribution >= 0.6 is 11.5 Å². The van der Waals surface area contributed by atoms with Crippen molar-refractivity contribution in [1.29, 1.82) is 0 Å². The van der Waals surface area contributed by atoms with Gasteiger partial charge in [-0.25, -0.2) is 18.0 Å². The van der Waals surface area contributed by atoms with Crippen molar-refractivity contribution in [3.63, 3.8) is 0 Å². The number of carbonyl (C=O) groups is 2. The standard InChI is InChI=1S/C24H33F3N6O3S/c1-15-13-17(25)16(20(27)19(15)26)14-36-22-18(21(28)34)23(37-31-22)30-24(35)29-7-5-3-4-6-8-33-11-9-32(2)10-12-33/h13H,3-12,14H2,1-2H3,(H2,28,34)(H2,29,30,35). The molecule has 0 spiro atoms. The zero-order valence-electron chi connectivity index (χ0n) is 21.0. The fraction of sp³-hybridized carbons (Fsp3) is 0.542. The number of primary amides is 1. The lowest BCUT2D eigenvalue weighted by Gasteiger charge is -2.32. The van der Waals surface area contributed by atoms with Crippen LogP contribution in [0.15, 0.2) is 6.07 Å². The zero-order chi connectivity index (χ0) is 26.9. The normalized spacial score (nSPS) is 14.5. The Morgan fingerprint density at radius 2 is 1.81 bits per heavy atom. The Hall–Kier alpha value is -2.90. The second kappa shape index (κ2) is 13.6. The minimum Gasteiger partial charge on any atom is -0.471 e. The first-order chi connectivity index (χ1) is 17.7. The van der Waals surface area contributed by atoms with E-state index in [0.29, 0.717) is 6.54 Å². The number of likely N-dealkylation sites (N-methyl/N-ethyl adjacent to an activating group) is 1. The van der Waals surface area contributed by atoms with E-state index in [1.165, 1.54) is 6.92 Å². The number of aryl methyl sites for hydroxylation is 1. The summed E-state index contributed by atoms with van der Waals surface area (Å²) in [6.45, 7) is 6.47. The van der Waals surface area contributed by atoms with Gasteiger partial charge in [0.1, 0.15) is 23.0 Å². The lowest BCUT2D eigenvalue weighted by atomic mass is 10.1. The van der Waals surface area contributed by atoms with Gasteiger partial charge in [-0.3, -0.25) is 10.1 Å². The second-order valence-electron chi connectivity index (χ2n) is 9.07. The summed E-state index contributed by atoms with van der Waals surface area (Å²) in [4.78, 5) is 29.0. The van der Waals surface area contributed by atoms with E-state index in [1.807, 2.05) is 0 Å². The number of urea groups is 1. The van der Waals surface area contributed by atoms with Crippen molar-refractivity contribution in [2.24, 2.45) is 5.73 Å². The summed E-state index contributed by atoms with van der Waals surface area (Å²) in [6.07, 6.45) is 3.97. The van der Waals surface area contributed by atoms with Gasteiger partial charge in [0.15, 0.2) is 11.6 Å². The van der Waals surface area contributed by atoms with Gasteiger partial charge in [-0.05, 0) is 56.5 Å². The number of aromatic nitrogens is 1. The maximum Gasteiger partial charge on any atom is 0.319 e. The first kappa shape index (κ1) is 28.7. The Morgan fingerprint density at radius 3 is 2.51 bits per heavy atom. The van der Waals surface area contributed by atoms with Gasteiger partial charge in [0.25, 0.3) is 5.91 Å². The highest BCUT2D eigenvalue weighted by molar-refractivity contribution is 7.11. The number of hydrogen-bond acceptors (Lipinski definition) is 7. The van der Waals surface area contributed by atoms with Crippen LogP contribution in [0.25, 0.3) is 0 Å². The monoisotopic (exact) mass is 542 g/mol. The number of nitrogens with one attached hydrogen (secondary N) is 2. The Bertz CT molecular complexity index is 1090. The summed E-state index contributed by atoms with van der Waals surface area (Å²) in [6, 6.07) is 0.297. The molecule has 1 aromatic heterocycles. The molecule has 0 saturated carbocycles. The number of unbranched alkanes of at least 4 members (excludes halogenated alkanes) is 3. The molecule has 1 aliphatic rings. The van der Waals surface area contributed by atoms with Gasteiger partial charge in [-0.15, -0.1) is 0 Å². The number of benzene rings is 1. The first-order valence-electron chi connectivity index (χ1n) is 12.2. The Balaban J connectivity index is 1.43. The van der Waals surface area contributed by atoms with Crippen molar-refractivity contribution >= 4 is 28.5 Å². The average molecular weight is 543 g/mol. The van der Waals surface area contributed by atoms with Crippen molar-refractivity contribution in [2.75, 3.05) is 51.6 Å². The van der Waals surface area contributed by atoms with E-state index < -0.39 is 41.6 Å². The van der Waals surface area contributed by atoms with E-state index in [2.05, 4.69) is 31.9 Å². The van der Waals surface area contributed by atoms with Gasteiger partial charge in [0, 0.05) is 32.7 Å².